The van der Waals surface area contributed by atoms with E-state index in [1.54, 1.807) is 23.3 Å². The highest BCUT2D eigenvalue weighted by Crippen LogP contribution is 2.17. The first-order valence-corrected chi connectivity index (χ1v) is 6.04. The van der Waals surface area contributed by atoms with Gasteiger partial charge in [0.2, 0.25) is 0 Å². The summed E-state index contributed by atoms with van der Waals surface area (Å²) in [6.45, 7) is 0. The van der Waals surface area contributed by atoms with E-state index in [0.717, 1.165) is 5.69 Å². The molecule has 0 aliphatic heterocycles. The van der Waals surface area contributed by atoms with E-state index < -0.39 is 0 Å². The highest BCUT2D eigenvalue weighted by atomic mass is 35.5. The van der Waals surface area contributed by atoms with Crippen molar-refractivity contribution in [3.05, 3.63) is 60.1 Å². The predicted molar refractivity (Wildman–Crippen MR) is 73.9 cm³/mol. The van der Waals surface area contributed by atoms with Crippen LogP contribution in [0.4, 0.5) is 11.5 Å². The first kappa shape index (κ1) is 11.7. The maximum atomic E-state index is 5.84. The summed E-state index contributed by atoms with van der Waals surface area (Å²) in [5.74, 6) is 1.30. The Hall–Kier alpha value is -2.40. The normalized spacial score (nSPS) is 10.4. The SMILES string of the molecule is Clc1ccc(Nc2cncc(-n3cccn3)n2)cc1. The van der Waals surface area contributed by atoms with E-state index in [-0.39, 0.29) is 0 Å². The molecule has 0 saturated carbocycles. The fraction of sp³-hybridized carbons (Fsp3) is 0. The van der Waals surface area contributed by atoms with Crippen molar-refractivity contribution in [3.8, 4) is 5.82 Å². The van der Waals surface area contributed by atoms with Gasteiger partial charge < -0.3 is 5.32 Å². The van der Waals surface area contributed by atoms with Gasteiger partial charge in [0.15, 0.2) is 11.6 Å². The number of benzene rings is 1. The van der Waals surface area contributed by atoms with E-state index in [2.05, 4.69) is 20.4 Å². The summed E-state index contributed by atoms with van der Waals surface area (Å²) in [5, 5.41) is 7.97. The Labute approximate surface area is 114 Å². The molecule has 3 rings (SSSR count). The second-order valence-corrected chi connectivity index (χ2v) is 4.28. The molecular formula is C13H10ClN5. The second kappa shape index (κ2) is 5.07. The lowest BCUT2D eigenvalue weighted by atomic mass is 10.3. The van der Waals surface area contributed by atoms with Crippen molar-refractivity contribution in [2.75, 3.05) is 5.32 Å². The lowest BCUT2D eigenvalue weighted by Gasteiger charge is -2.06. The second-order valence-electron chi connectivity index (χ2n) is 3.85. The van der Waals surface area contributed by atoms with E-state index in [9.17, 15) is 0 Å². The Kier molecular flexibility index (Phi) is 3.12. The molecule has 2 heterocycles. The van der Waals surface area contributed by atoms with Gasteiger partial charge in [-0.05, 0) is 30.3 Å². The molecule has 0 bridgehead atoms. The minimum Gasteiger partial charge on any atom is -0.339 e. The van der Waals surface area contributed by atoms with Crippen LogP contribution in [0.5, 0.6) is 0 Å². The molecule has 0 saturated heterocycles. The summed E-state index contributed by atoms with van der Waals surface area (Å²) >= 11 is 5.84. The molecule has 0 amide bonds. The molecule has 0 aliphatic rings. The molecule has 5 nitrogen and oxygen atoms in total. The molecular weight excluding hydrogens is 262 g/mol. The molecule has 0 aliphatic carbocycles. The number of rotatable bonds is 3. The van der Waals surface area contributed by atoms with E-state index in [1.165, 1.54) is 0 Å². The topological polar surface area (TPSA) is 55.6 Å². The molecule has 94 valence electrons. The average Bonchev–Trinajstić information content (AvgIpc) is 2.96. The highest BCUT2D eigenvalue weighted by Gasteiger charge is 2.01. The van der Waals surface area contributed by atoms with Crippen LogP contribution < -0.4 is 5.32 Å². The largest absolute Gasteiger partial charge is 0.339 e. The molecule has 6 heteroatoms. The van der Waals surface area contributed by atoms with E-state index in [4.69, 9.17) is 11.6 Å². The van der Waals surface area contributed by atoms with Crippen molar-refractivity contribution in [1.29, 1.82) is 0 Å². The fourth-order valence-corrected chi connectivity index (χ4v) is 1.74. The van der Waals surface area contributed by atoms with E-state index in [0.29, 0.717) is 16.7 Å². The van der Waals surface area contributed by atoms with Gasteiger partial charge in [-0.15, -0.1) is 0 Å². The van der Waals surface area contributed by atoms with Crippen LogP contribution in [0, 0.1) is 0 Å². The van der Waals surface area contributed by atoms with Crippen molar-refractivity contribution in [2.45, 2.75) is 0 Å². The third-order valence-electron chi connectivity index (χ3n) is 2.48. The Balaban J connectivity index is 1.85. The molecule has 0 fully saturated rings. The number of halogens is 1. The Morgan fingerprint density at radius 2 is 1.95 bits per heavy atom. The van der Waals surface area contributed by atoms with Gasteiger partial charge in [-0.1, -0.05) is 11.6 Å². The van der Waals surface area contributed by atoms with Crippen LogP contribution in [0.15, 0.2) is 55.1 Å². The predicted octanol–water partition coefficient (Wildman–Crippen LogP) is 3.06. The van der Waals surface area contributed by atoms with E-state index in [1.807, 2.05) is 36.5 Å². The third kappa shape index (κ3) is 2.71. The molecule has 1 N–H and O–H groups in total. The zero-order valence-electron chi connectivity index (χ0n) is 9.86. The van der Waals surface area contributed by atoms with Crippen LogP contribution >= 0.6 is 11.6 Å². The summed E-state index contributed by atoms with van der Waals surface area (Å²) in [6.07, 6.45) is 6.82. The molecule has 0 radical (unpaired) electrons. The first-order valence-electron chi connectivity index (χ1n) is 5.66. The standard InChI is InChI=1S/C13H10ClN5/c14-10-2-4-11(5-3-10)17-12-8-15-9-13(18-12)19-7-1-6-16-19/h1-9H,(H,17,18). The lowest BCUT2D eigenvalue weighted by Crippen LogP contribution is -2.02. The highest BCUT2D eigenvalue weighted by molar-refractivity contribution is 6.30. The number of hydrogen-bond acceptors (Lipinski definition) is 4. The zero-order chi connectivity index (χ0) is 13.1. The first-order chi connectivity index (χ1) is 9.31. The maximum Gasteiger partial charge on any atom is 0.173 e. The van der Waals surface area contributed by atoms with Crippen LogP contribution in [0.3, 0.4) is 0 Å². The molecule has 2 aromatic heterocycles. The van der Waals surface area contributed by atoms with Gasteiger partial charge in [-0.3, -0.25) is 4.98 Å². The summed E-state index contributed by atoms with van der Waals surface area (Å²) in [5.41, 5.74) is 0.899. The third-order valence-corrected chi connectivity index (χ3v) is 2.73. The van der Waals surface area contributed by atoms with Crippen molar-refractivity contribution < 1.29 is 0 Å². The van der Waals surface area contributed by atoms with Crippen molar-refractivity contribution >= 4 is 23.1 Å². The Morgan fingerprint density at radius 1 is 1.11 bits per heavy atom. The van der Waals surface area contributed by atoms with Gasteiger partial charge in [-0.2, -0.15) is 5.10 Å². The van der Waals surface area contributed by atoms with Gasteiger partial charge in [0.25, 0.3) is 0 Å². The van der Waals surface area contributed by atoms with Crippen molar-refractivity contribution in [3.63, 3.8) is 0 Å². The molecule has 0 spiro atoms. The molecule has 3 aromatic rings. The van der Waals surface area contributed by atoms with Crippen LogP contribution in [-0.4, -0.2) is 19.7 Å². The monoisotopic (exact) mass is 271 g/mol. The minimum absolute atomic E-state index is 0.648. The molecule has 0 unspecified atom stereocenters. The number of aromatic nitrogens is 4. The smallest absolute Gasteiger partial charge is 0.173 e. The Bertz CT molecular complexity index is 664. The van der Waals surface area contributed by atoms with E-state index >= 15 is 0 Å². The van der Waals surface area contributed by atoms with Crippen LogP contribution in [0.1, 0.15) is 0 Å². The number of hydrogen-bond donors (Lipinski definition) is 1. The lowest BCUT2D eigenvalue weighted by molar-refractivity contribution is 0.839. The minimum atomic E-state index is 0.648. The van der Waals surface area contributed by atoms with Crippen LogP contribution in [0.2, 0.25) is 5.02 Å². The number of anilines is 2. The Morgan fingerprint density at radius 3 is 2.68 bits per heavy atom. The van der Waals surface area contributed by atoms with Crippen LogP contribution in [-0.2, 0) is 0 Å². The molecule has 0 atom stereocenters. The molecule has 19 heavy (non-hydrogen) atoms. The zero-order valence-corrected chi connectivity index (χ0v) is 10.6. The van der Waals surface area contributed by atoms with Crippen molar-refractivity contribution in [1.82, 2.24) is 19.7 Å². The molecule has 1 aromatic carbocycles. The van der Waals surface area contributed by atoms with Gasteiger partial charge in [0, 0.05) is 23.1 Å². The van der Waals surface area contributed by atoms with Gasteiger partial charge in [0.1, 0.15) is 0 Å². The van der Waals surface area contributed by atoms with Crippen molar-refractivity contribution in [2.24, 2.45) is 0 Å². The number of nitrogens with zero attached hydrogens (tertiary/aromatic N) is 4. The summed E-state index contributed by atoms with van der Waals surface area (Å²) < 4.78 is 1.65. The van der Waals surface area contributed by atoms with Gasteiger partial charge in [0.05, 0.1) is 12.4 Å². The quantitative estimate of drug-likeness (QED) is 0.795. The van der Waals surface area contributed by atoms with Gasteiger partial charge >= 0.3 is 0 Å². The average molecular weight is 272 g/mol. The fourth-order valence-electron chi connectivity index (χ4n) is 1.61. The van der Waals surface area contributed by atoms with Crippen LogP contribution in [0.25, 0.3) is 5.82 Å². The summed E-state index contributed by atoms with van der Waals surface area (Å²) in [4.78, 5) is 8.57. The summed E-state index contributed by atoms with van der Waals surface area (Å²) in [6, 6.07) is 9.22. The van der Waals surface area contributed by atoms with Gasteiger partial charge in [-0.25, -0.2) is 9.67 Å². The number of nitrogens with one attached hydrogen (secondary N) is 1. The summed E-state index contributed by atoms with van der Waals surface area (Å²) in [7, 11) is 0. The maximum absolute atomic E-state index is 5.84.